The molecule has 0 radical (unpaired) electrons. The van der Waals surface area contributed by atoms with Gasteiger partial charge in [0.05, 0.1) is 5.56 Å². The lowest BCUT2D eigenvalue weighted by atomic mass is 10.1. The molecule has 1 aromatic carbocycles. The van der Waals surface area contributed by atoms with Crippen LogP contribution in [-0.4, -0.2) is 25.2 Å². The molecule has 0 aliphatic rings. The highest BCUT2D eigenvalue weighted by Crippen LogP contribution is 2.24. The van der Waals surface area contributed by atoms with Gasteiger partial charge in [0.2, 0.25) is 0 Å². The second kappa shape index (κ2) is 4.45. The molecule has 96 valence electrons. The quantitative estimate of drug-likeness (QED) is 0.917. The predicted molar refractivity (Wildman–Crippen MR) is 66.3 cm³/mol. The third-order valence-electron chi connectivity index (χ3n) is 2.64. The number of aromatic carboxylic acids is 1. The first kappa shape index (κ1) is 12.6. The van der Waals surface area contributed by atoms with Crippen LogP contribution in [0.25, 0.3) is 11.0 Å². The molecule has 0 amide bonds. The van der Waals surface area contributed by atoms with E-state index in [0.717, 1.165) is 0 Å². The van der Waals surface area contributed by atoms with Crippen LogP contribution in [0.3, 0.4) is 0 Å². The second-order valence-electron chi connectivity index (χ2n) is 3.91. The van der Waals surface area contributed by atoms with Crippen molar-refractivity contribution in [3.63, 3.8) is 0 Å². The van der Waals surface area contributed by atoms with Gasteiger partial charge in [-0.05, 0) is 18.2 Å². The van der Waals surface area contributed by atoms with Crippen molar-refractivity contribution in [2.45, 2.75) is 12.7 Å². The van der Waals surface area contributed by atoms with Crippen LogP contribution >= 0.6 is 0 Å². The molecule has 1 aromatic heterocycles. The van der Waals surface area contributed by atoms with Gasteiger partial charge in [0, 0.05) is 11.1 Å². The molecule has 0 saturated carbocycles. The molecule has 18 heavy (non-hydrogen) atoms. The van der Waals surface area contributed by atoms with Crippen molar-refractivity contribution >= 4 is 26.8 Å². The van der Waals surface area contributed by atoms with Crippen LogP contribution in [0.2, 0.25) is 0 Å². The Labute approximate surface area is 104 Å². The standard InChI is InChI=1S/C12H12O5S/c1-2-18(15,16)7-8-6-10-9(12(13)14)4-3-5-11(10)17-8/h3-6H,2,7H2,1H3,(H,13,14). The molecule has 0 unspecified atom stereocenters. The molecule has 6 heteroatoms. The maximum absolute atomic E-state index is 11.5. The topological polar surface area (TPSA) is 84.6 Å². The van der Waals surface area contributed by atoms with Crippen LogP contribution < -0.4 is 0 Å². The van der Waals surface area contributed by atoms with Crippen LogP contribution in [0, 0.1) is 0 Å². The lowest BCUT2D eigenvalue weighted by molar-refractivity contribution is 0.0699. The summed E-state index contributed by atoms with van der Waals surface area (Å²) in [4.78, 5) is 11.0. The van der Waals surface area contributed by atoms with Crippen molar-refractivity contribution < 1.29 is 22.7 Å². The van der Waals surface area contributed by atoms with E-state index in [1.54, 1.807) is 19.1 Å². The Balaban J connectivity index is 2.51. The first-order valence-electron chi connectivity index (χ1n) is 5.38. The lowest BCUT2D eigenvalue weighted by Gasteiger charge is -1.95. The summed E-state index contributed by atoms with van der Waals surface area (Å²) in [5.41, 5.74) is 0.493. The molecule has 0 spiro atoms. The molecule has 0 aliphatic carbocycles. The van der Waals surface area contributed by atoms with Crippen LogP contribution in [-0.2, 0) is 15.6 Å². The number of hydrogen-bond acceptors (Lipinski definition) is 4. The van der Waals surface area contributed by atoms with Gasteiger partial charge < -0.3 is 9.52 Å². The third kappa shape index (κ3) is 2.38. The molecule has 2 rings (SSSR count). The highest BCUT2D eigenvalue weighted by Gasteiger charge is 2.16. The molecule has 0 bridgehead atoms. The zero-order valence-electron chi connectivity index (χ0n) is 9.71. The summed E-state index contributed by atoms with van der Waals surface area (Å²) < 4.78 is 28.3. The fraction of sp³-hybridized carbons (Fsp3) is 0.250. The van der Waals surface area contributed by atoms with E-state index in [9.17, 15) is 13.2 Å². The maximum Gasteiger partial charge on any atom is 0.336 e. The molecule has 5 nitrogen and oxygen atoms in total. The number of hydrogen-bond donors (Lipinski definition) is 1. The van der Waals surface area contributed by atoms with Crippen molar-refractivity contribution in [1.29, 1.82) is 0 Å². The van der Waals surface area contributed by atoms with E-state index in [2.05, 4.69) is 0 Å². The van der Waals surface area contributed by atoms with Crippen LogP contribution in [0.15, 0.2) is 28.7 Å². The molecule has 1 heterocycles. The van der Waals surface area contributed by atoms with E-state index in [0.29, 0.717) is 11.0 Å². The Morgan fingerprint density at radius 3 is 2.72 bits per heavy atom. The Bertz CT molecular complexity index is 696. The fourth-order valence-electron chi connectivity index (χ4n) is 1.69. The van der Waals surface area contributed by atoms with Gasteiger partial charge in [-0.2, -0.15) is 0 Å². The Hall–Kier alpha value is -1.82. The molecule has 2 aromatic rings. The fourth-order valence-corrected chi connectivity index (χ4v) is 2.47. The van der Waals surface area contributed by atoms with Gasteiger partial charge in [0.15, 0.2) is 9.84 Å². The van der Waals surface area contributed by atoms with Gasteiger partial charge in [0.1, 0.15) is 17.1 Å². The number of fused-ring (bicyclic) bond motifs is 1. The Morgan fingerprint density at radius 1 is 1.39 bits per heavy atom. The van der Waals surface area contributed by atoms with Gasteiger partial charge >= 0.3 is 5.97 Å². The second-order valence-corrected chi connectivity index (χ2v) is 6.26. The number of carbonyl (C=O) groups is 1. The van der Waals surface area contributed by atoms with Gasteiger partial charge in [0.25, 0.3) is 0 Å². The zero-order valence-corrected chi connectivity index (χ0v) is 10.5. The van der Waals surface area contributed by atoms with Crippen LogP contribution in [0.4, 0.5) is 0 Å². The van der Waals surface area contributed by atoms with E-state index < -0.39 is 15.8 Å². The van der Waals surface area contributed by atoms with Crippen molar-refractivity contribution in [2.24, 2.45) is 0 Å². The van der Waals surface area contributed by atoms with Crippen molar-refractivity contribution in [3.05, 3.63) is 35.6 Å². The lowest BCUT2D eigenvalue weighted by Crippen LogP contribution is -2.05. The average molecular weight is 268 g/mol. The molecule has 0 atom stereocenters. The van der Waals surface area contributed by atoms with E-state index in [1.807, 2.05) is 0 Å². The summed E-state index contributed by atoms with van der Waals surface area (Å²) in [5, 5.41) is 9.43. The molecular formula is C12H12O5S. The number of sulfone groups is 1. The summed E-state index contributed by atoms with van der Waals surface area (Å²) in [5.74, 6) is -0.987. The Kier molecular flexibility index (Phi) is 3.13. The third-order valence-corrected chi connectivity index (χ3v) is 4.25. The number of carboxylic acids is 1. The first-order chi connectivity index (χ1) is 8.43. The monoisotopic (exact) mass is 268 g/mol. The number of furan rings is 1. The van der Waals surface area contributed by atoms with Crippen LogP contribution in [0.1, 0.15) is 23.0 Å². The average Bonchev–Trinajstić information content (AvgIpc) is 2.69. The minimum atomic E-state index is -3.19. The van der Waals surface area contributed by atoms with Crippen molar-refractivity contribution in [2.75, 3.05) is 5.75 Å². The van der Waals surface area contributed by atoms with E-state index >= 15 is 0 Å². The molecule has 0 saturated heterocycles. The molecular weight excluding hydrogens is 256 g/mol. The normalized spacial score (nSPS) is 11.8. The summed E-state index contributed by atoms with van der Waals surface area (Å²) in [6, 6.07) is 6.11. The molecule has 1 N–H and O–H groups in total. The minimum absolute atomic E-state index is 0.0236. The highest BCUT2D eigenvalue weighted by molar-refractivity contribution is 7.90. The number of carboxylic acid groups (broad SMARTS) is 1. The SMILES string of the molecule is CCS(=O)(=O)Cc1cc2c(C(=O)O)cccc2o1. The minimum Gasteiger partial charge on any atom is -0.478 e. The summed E-state index contributed by atoms with van der Waals surface area (Å²) >= 11 is 0. The zero-order chi connectivity index (χ0) is 13.3. The Morgan fingerprint density at radius 2 is 2.11 bits per heavy atom. The largest absolute Gasteiger partial charge is 0.478 e. The molecule has 0 fully saturated rings. The summed E-state index contributed by atoms with van der Waals surface area (Å²) in [6.45, 7) is 1.56. The number of benzene rings is 1. The summed E-state index contributed by atoms with van der Waals surface area (Å²) in [6.07, 6.45) is 0. The summed E-state index contributed by atoms with van der Waals surface area (Å²) in [7, 11) is -3.19. The maximum atomic E-state index is 11.5. The first-order valence-corrected chi connectivity index (χ1v) is 7.20. The number of rotatable bonds is 4. The van der Waals surface area contributed by atoms with Gasteiger partial charge in [-0.25, -0.2) is 13.2 Å². The van der Waals surface area contributed by atoms with Crippen molar-refractivity contribution in [3.8, 4) is 0 Å². The highest BCUT2D eigenvalue weighted by atomic mass is 32.2. The van der Waals surface area contributed by atoms with E-state index in [4.69, 9.17) is 9.52 Å². The van der Waals surface area contributed by atoms with E-state index in [-0.39, 0.29) is 22.8 Å². The van der Waals surface area contributed by atoms with Crippen LogP contribution in [0.5, 0.6) is 0 Å². The van der Waals surface area contributed by atoms with Gasteiger partial charge in [-0.3, -0.25) is 0 Å². The van der Waals surface area contributed by atoms with Gasteiger partial charge in [-0.1, -0.05) is 13.0 Å². The smallest absolute Gasteiger partial charge is 0.336 e. The van der Waals surface area contributed by atoms with Gasteiger partial charge in [-0.15, -0.1) is 0 Å². The predicted octanol–water partition coefficient (Wildman–Crippen LogP) is 2.07. The van der Waals surface area contributed by atoms with Crippen molar-refractivity contribution in [1.82, 2.24) is 0 Å². The van der Waals surface area contributed by atoms with E-state index in [1.165, 1.54) is 12.1 Å². The molecule has 0 aliphatic heterocycles.